The Bertz CT molecular complexity index is 430. The number of amides is 1. The van der Waals surface area contributed by atoms with E-state index < -0.39 is 0 Å². The van der Waals surface area contributed by atoms with Crippen molar-refractivity contribution >= 4 is 5.91 Å². The Morgan fingerprint density at radius 1 is 1.50 bits per heavy atom. The number of hydrogen-bond donors (Lipinski definition) is 3. The van der Waals surface area contributed by atoms with Crippen LogP contribution in [-0.2, 0) is 0 Å². The lowest BCUT2D eigenvalue weighted by Crippen LogP contribution is -2.38. The number of aromatic hydroxyl groups is 1. The first kappa shape index (κ1) is 14.3. The Morgan fingerprint density at radius 3 is 2.72 bits per heavy atom. The summed E-state index contributed by atoms with van der Waals surface area (Å²) in [6.07, 6.45) is 0. The van der Waals surface area contributed by atoms with Gasteiger partial charge in [-0.1, -0.05) is 13.8 Å². The van der Waals surface area contributed by atoms with Crippen LogP contribution in [0.5, 0.6) is 11.5 Å². The van der Waals surface area contributed by atoms with E-state index in [0.717, 1.165) is 0 Å². The molecule has 0 heterocycles. The Labute approximate surface area is 107 Å². The zero-order valence-corrected chi connectivity index (χ0v) is 11.0. The molecule has 1 aromatic carbocycles. The van der Waals surface area contributed by atoms with E-state index in [1.165, 1.54) is 19.2 Å². The maximum absolute atomic E-state index is 11.9. The first-order chi connectivity index (χ1) is 8.39. The van der Waals surface area contributed by atoms with Gasteiger partial charge in [-0.05, 0) is 30.2 Å². The third-order valence-electron chi connectivity index (χ3n) is 2.73. The van der Waals surface area contributed by atoms with Crippen molar-refractivity contribution in [2.75, 3.05) is 20.2 Å². The van der Waals surface area contributed by atoms with E-state index in [9.17, 15) is 9.90 Å². The second kappa shape index (κ2) is 5.73. The normalized spacial score (nSPS) is 11.1. The Hall–Kier alpha value is -1.75. The lowest BCUT2D eigenvalue weighted by Gasteiger charge is -2.22. The average Bonchev–Trinajstić information content (AvgIpc) is 2.36. The summed E-state index contributed by atoms with van der Waals surface area (Å²) < 4.78 is 5.02. The van der Waals surface area contributed by atoms with Crippen molar-refractivity contribution in [3.63, 3.8) is 0 Å². The molecule has 0 aliphatic rings. The molecule has 0 atom stereocenters. The van der Waals surface area contributed by atoms with Crippen LogP contribution in [0.15, 0.2) is 18.2 Å². The fourth-order valence-corrected chi connectivity index (χ4v) is 1.31. The van der Waals surface area contributed by atoms with Crippen LogP contribution in [-0.4, -0.2) is 31.2 Å². The van der Waals surface area contributed by atoms with Crippen molar-refractivity contribution in [1.82, 2.24) is 5.32 Å². The minimum absolute atomic E-state index is 0.0705. The number of hydrogen-bond acceptors (Lipinski definition) is 4. The highest BCUT2D eigenvalue weighted by Gasteiger charge is 2.18. The largest absolute Gasteiger partial charge is 0.507 e. The summed E-state index contributed by atoms with van der Waals surface area (Å²) in [4.78, 5) is 11.9. The molecule has 5 nitrogen and oxygen atoms in total. The van der Waals surface area contributed by atoms with Gasteiger partial charge in [0.25, 0.3) is 5.91 Å². The maximum atomic E-state index is 11.9. The molecule has 18 heavy (non-hydrogen) atoms. The van der Waals surface area contributed by atoms with E-state index in [1.807, 2.05) is 13.8 Å². The molecule has 0 spiro atoms. The van der Waals surface area contributed by atoms with Gasteiger partial charge in [0.2, 0.25) is 0 Å². The Balaban J connectivity index is 2.78. The molecule has 0 aliphatic carbocycles. The van der Waals surface area contributed by atoms with E-state index >= 15 is 0 Å². The number of benzene rings is 1. The topological polar surface area (TPSA) is 84.6 Å². The van der Waals surface area contributed by atoms with Crippen molar-refractivity contribution in [3.05, 3.63) is 23.8 Å². The van der Waals surface area contributed by atoms with Crippen molar-refractivity contribution in [2.45, 2.75) is 13.8 Å². The van der Waals surface area contributed by atoms with E-state index in [1.54, 1.807) is 6.07 Å². The number of phenolic OH excluding ortho intramolecular Hbond substituents is 1. The summed E-state index contributed by atoms with van der Waals surface area (Å²) in [5.41, 5.74) is 5.61. The van der Waals surface area contributed by atoms with Gasteiger partial charge in [-0.3, -0.25) is 4.79 Å². The third-order valence-corrected chi connectivity index (χ3v) is 2.73. The minimum Gasteiger partial charge on any atom is -0.507 e. The van der Waals surface area contributed by atoms with Crippen LogP contribution in [0.4, 0.5) is 0 Å². The van der Waals surface area contributed by atoms with Crippen LogP contribution in [0.3, 0.4) is 0 Å². The second-order valence-electron chi connectivity index (χ2n) is 4.93. The summed E-state index contributed by atoms with van der Waals surface area (Å²) in [5, 5.41) is 12.4. The molecule has 100 valence electrons. The Kier molecular flexibility index (Phi) is 4.55. The van der Waals surface area contributed by atoms with Gasteiger partial charge >= 0.3 is 0 Å². The smallest absolute Gasteiger partial charge is 0.255 e. The predicted octanol–water partition coefficient (Wildman–Crippen LogP) is 1.12. The van der Waals surface area contributed by atoms with Gasteiger partial charge in [-0.15, -0.1) is 0 Å². The lowest BCUT2D eigenvalue weighted by molar-refractivity contribution is 0.0935. The van der Waals surface area contributed by atoms with E-state index in [2.05, 4.69) is 5.32 Å². The molecule has 0 fully saturated rings. The molecule has 0 saturated heterocycles. The van der Waals surface area contributed by atoms with Crippen molar-refractivity contribution in [3.8, 4) is 11.5 Å². The first-order valence-corrected chi connectivity index (χ1v) is 5.75. The van der Waals surface area contributed by atoms with E-state index in [4.69, 9.17) is 10.5 Å². The van der Waals surface area contributed by atoms with Crippen LogP contribution in [0.25, 0.3) is 0 Å². The van der Waals surface area contributed by atoms with Gasteiger partial charge in [-0.25, -0.2) is 0 Å². The number of nitrogens with two attached hydrogens (primary N) is 1. The van der Waals surface area contributed by atoms with Crippen molar-refractivity contribution in [1.29, 1.82) is 0 Å². The first-order valence-electron chi connectivity index (χ1n) is 5.75. The van der Waals surface area contributed by atoms with Crippen LogP contribution < -0.4 is 15.8 Å². The number of methoxy groups -OCH3 is 1. The quantitative estimate of drug-likeness (QED) is 0.733. The molecular formula is C13H20N2O3. The highest BCUT2D eigenvalue weighted by molar-refractivity contribution is 5.97. The summed E-state index contributed by atoms with van der Waals surface area (Å²) in [5.74, 6) is 0.114. The molecule has 0 saturated carbocycles. The van der Waals surface area contributed by atoms with Gasteiger partial charge in [0.1, 0.15) is 11.5 Å². The summed E-state index contributed by atoms with van der Waals surface area (Å²) in [7, 11) is 1.51. The summed E-state index contributed by atoms with van der Waals surface area (Å²) in [6, 6.07) is 4.53. The number of carbonyl (C=O) groups excluding carboxylic acids is 1. The van der Waals surface area contributed by atoms with Crippen LogP contribution in [0.2, 0.25) is 0 Å². The molecule has 0 bridgehead atoms. The van der Waals surface area contributed by atoms with Crippen LogP contribution >= 0.6 is 0 Å². The van der Waals surface area contributed by atoms with E-state index in [0.29, 0.717) is 18.8 Å². The standard InChI is InChI=1S/C13H20N2O3/c1-13(2,7-14)8-15-12(17)10-6-9(18-3)4-5-11(10)16/h4-6,16H,7-8,14H2,1-3H3,(H,15,17). The average molecular weight is 252 g/mol. The molecule has 1 amide bonds. The lowest BCUT2D eigenvalue weighted by atomic mass is 9.94. The van der Waals surface area contributed by atoms with Crippen molar-refractivity contribution < 1.29 is 14.6 Å². The molecule has 0 radical (unpaired) electrons. The highest BCUT2D eigenvalue weighted by atomic mass is 16.5. The minimum atomic E-state index is -0.340. The number of phenols is 1. The zero-order valence-electron chi connectivity index (χ0n) is 11.0. The van der Waals surface area contributed by atoms with Crippen LogP contribution in [0.1, 0.15) is 24.2 Å². The second-order valence-corrected chi connectivity index (χ2v) is 4.93. The van der Waals surface area contributed by atoms with E-state index in [-0.39, 0.29) is 22.6 Å². The third kappa shape index (κ3) is 3.63. The summed E-state index contributed by atoms with van der Waals surface area (Å²) in [6.45, 7) is 4.83. The van der Waals surface area contributed by atoms with Crippen LogP contribution in [0, 0.1) is 5.41 Å². The molecular weight excluding hydrogens is 232 g/mol. The molecule has 0 aromatic heterocycles. The highest BCUT2D eigenvalue weighted by Crippen LogP contribution is 2.23. The van der Waals surface area contributed by atoms with Gasteiger partial charge < -0.3 is 20.9 Å². The molecule has 0 unspecified atom stereocenters. The Morgan fingerprint density at radius 2 is 2.17 bits per heavy atom. The van der Waals surface area contributed by atoms with Crippen molar-refractivity contribution in [2.24, 2.45) is 11.1 Å². The number of rotatable bonds is 5. The molecule has 5 heteroatoms. The molecule has 1 rings (SSSR count). The zero-order chi connectivity index (χ0) is 13.8. The number of ether oxygens (including phenoxy) is 1. The van der Waals surface area contributed by atoms with Gasteiger partial charge in [0.05, 0.1) is 12.7 Å². The fourth-order valence-electron chi connectivity index (χ4n) is 1.31. The molecule has 4 N–H and O–H groups in total. The van der Waals surface area contributed by atoms with Gasteiger partial charge in [0, 0.05) is 6.54 Å². The molecule has 0 aliphatic heterocycles. The predicted molar refractivity (Wildman–Crippen MR) is 69.8 cm³/mol. The number of nitrogens with one attached hydrogen (secondary N) is 1. The molecule has 1 aromatic rings. The summed E-state index contributed by atoms with van der Waals surface area (Å²) >= 11 is 0. The SMILES string of the molecule is COc1ccc(O)c(C(=O)NCC(C)(C)CN)c1. The monoisotopic (exact) mass is 252 g/mol. The fraction of sp³-hybridized carbons (Fsp3) is 0.462. The number of carbonyl (C=O) groups is 1. The van der Waals surface area contributed by atoms with Gasteiger partial charge in [-0.2, -0.15) is 0 Å². The van der Waals surface area contributed by atoms with Gasteiger partial charge in [0.15, 0.2) is 0 Å². The maximum Gasteiger partial charge on any atom is 0.255 e.